The van der Waals surface area contributed by atoms with Crippen LogP contribution in [-0.4, -0.2) is 4.57 Å². The van der Waals surface area contributed by atoms with E-state index in [4.69, 9.17) is 22.1 Å². The van der Waals surface area contributed by atoms with Crippen molar-refractivity contribution >= 4 is 17.3 Å². The third-order valence-corrected chi connectivity index (χ3v) is 4.05. The fourth-order valence-corrected chi connectivity index (χ4v) is 2.70. The highest BCUT2D eigenvalue weighted by Crippen LogP contribution is 2.33. The second-order valence-electron chi connectivity index (χ2n) is 5.50. The van der Waals surface area contributed by atoms with Crippen LogP contribution < -0.4 is 10.5 Å². The highest BCUT2D eigenvalue weighted by atomic mass is 35.5. The Bertz CT molecular complexity index is 925. The van der Waals surface area contributed by atoms with Crippen LogP contribution in [0.3, 0.4) is 0 Å². The van der Waals surface area contributed by atoms with E-state index in [1.807, 2.05) is 55.5 Å². The molecule has 0 fully saturated rings. The normalized spacial score (nSPS) is 10.4. The number of aromatic nitrogens is 1. The van der Waals surface area contributed by atoms with Gasteiger partial charge in [-0.3, -0.25) is 4.57 Å². The van der Waals surface area contributed by atoms with E-state index < -0.39 is 0 Å². The van der Waals surface area contributed by atoms with Crippen LogP contribution in [0.25, 0.3) is 0 Å². The first kappa shape index (κ1) is 16.0. The van der Waals surface area contributed by atoms with E-state index in [1.165, 1.54) is 0 Å². The van der Waals surface area contributed by atoms with Crippen molar-refractivity contribution in [2.45, 2.75) is 13.5 Å². The zero-order valence-corrected chi connectivity index (χ0v) is 13.9. The summed E-state index contributed by atoms with van der Waals surface area (Å²) in [7, 11) is 0. The molecule has 3 aromatic rings. The van der Waals surface area contributed by atoms with E-state index in [1.54, 1.807) is 10.6 Å². The predicted octanol–water partition coefficient (Wildman–Crippen LogP) is 4.74. The Hall–Kier alpha value is -2.90. The highest BCUT2D eigenvalue weighted by Gasteiger charge is 2.16. The molecule has 0 radical (unpaired) electrons. The highest BCUT2D eigenvalue weighted by molar-refractivity contribution is 6.31. The van der Waals surface area contributed by atoms with Gasteiger partial charge in [0.15, 0.2) is 0 Å². The minimum Gasteiger partial charge on any atom is -0.439 e. The Balaban J connectivity index is 2.02. The topological polar surface area (TPSA) is 64.0 Å². The lowest BCUT2D eigenvalue weighted by molar-refractivity contribution is 0.437. The average Bonchev–Trinajstić information content (AvgIpc) is 2.85. The molecule has 2 aromatic carbocycles. The van der Waals surface area contributed by atoms with Gasteiger partial charge in [-0.15, -0.1) is 0 Å². The van der Waals surface area contributed by atoms with Gasteiger partial charge in [-0.25, -0.2) is 0 Å². The Morgan fingerprint density at radius 3 is 2.67 bits per heavy atom. The number of hydrogen-bond acceptors (Lipinski definition) is 3. The van der Waals surface area contributed by atoms with Gasteiger partial charge >= 0.3 is 0 Å². The van der Waals surface area contributed by atoms with E-state index in [2.05, 4.69) is 6.07 Å². The molecule has 0 spiro atoms. The molecule has 0 saturated heterocycles. The van der Waals surface area contributed by atoms with Gasteiger partial charge in [0.25, 0.3) is 0 Å². The molecule has 5 heteroatoms. The number of nitrogens with two attached hydrogens (primary N) is 1. The minimum absolute atomic E-state index is 0.404. The first-order valence-corrected chi connectivity index (χ1v) is 7.83. The van der Waals surface area contributed by atoms with Gasteiger partial charge in [0, 0.05) is 11.1 Å². The van der Waals surface area contributed by atoms with Crippen molar-refractivity contribution in [3.63, 3.8) is 0 Å². The number of anilines is 1. The van der Waals surface area contributed by atoms with Crippen LogP contribution in [0.5, 0.6) is 11.6 Å². The standard InChI is InChI=1S/C19H16ClN3O/c1-13-5-4-7-16(9-13)24-19-18(22)10-15(11-21)23(19)12-14-6-2-3-8-17(14)20/h2-10H,12,22H2,1H3. The average molecular weight is 338 g/mol. The van der Waals surface area contributed by atoms with Crippen molar-refractivity contribution in [1.82, 2.24) is 4.57 Å². The number of aryl methyl sites for hydroxylation is 1. The summed E-state index contributed by atoms with van der Waals surface area (Å²) >= 11 is 6.24. The number of nitriles is 1. The van der Waals surface area contributed by atoms with Gasteiger partial charge in [-0.05, 0) is 36.2 Å². The van der Waals surface area contributed by atoms with E-state index in [0.717, 1.165) is 11.1 Å². The molecule has 4 nitrogen and oxygen atoms in total. The van der Waals surface area contributed by atoms with Gasteiger partial charge in [-0.1, -0.05) is 41.9 Å². The third-order valence-electron chi connectivity index (χ3n) is 3.68. The summed E-state index contributed by atoms with van der Waals surface area (Å²) < 4.78 is 7.69. The molecule has 24 heavy (non-hydrogen) atoms. The summed E-state index contributed by atoms with van der Waals surface area (Å²) in [5.74, 6) is 1.11. The Kier molecular flexibility index (Phi) is 4.45. The number of nitrogens with zero attached hydrogens (tertiary/aromatic N) is 2. The molecule has 0 bridgehead atoms. The number of rotatable bonds is 4. The van der Waals surface area contributed by atoms with Gasteiger partial charge in [0.1, 0.15) is 17.5 Å². The summed E-state index contributed by atoms with van der Waals surface area (Å²) in [6.45, 7) is 2.39. The van der Waals surface area contributed by atoms with Gasteiger partial charge in [0.05, 0.1) is 12.2 Å². The predicted molar refractivity (Wildman–Crippen MR) is 95.4 cm³/mol. The van der Waals surface area contributed by atoms with Crippen LogP contribution in [0, 0.1) is 18.3 Å². The van der Waals surface area contributed by atoms with Gasteiger partial charge in [-0.2, -0.15) is 5.26 Å². The second-order valence-corrected chi connectivity index (χ2v) is 5.91. The molecule has 2 N–H and O–H groups in total. The molecule has 3 rings (SSSR count). The van der Waals surface area contributed by atoms with Crippen LogP contribution in [0.15, 0.2) is 54.6 Å². The van der Waals surface area contributed by atoms with Crippen molar-refractivity contribution in [2.75, 3.05) is 5.73 Å². The summed E-state index contributed by atoms with van der Waals surface area (Å²) in [6, 6.07) is 18.9. The number of benzene rings is 2. The Morgan fingerprint density at radius 2 is 1.96 bits per heavy atom. The second kappa shape index (κ2) is 6.69. The molecule has 0 saturated carbocycles. The van der Waals surface area contributed by atoms with Gasteiger partial charge in [0.2, 0.25) is 5.88 Å². The summed E-state index contributed by atoms with van der Waals surface area (Å²) in [4.78, 5) is 0. The number of hydrogen-bond donors (Lipinski definition) is 1. The van der Waals surface area contributed by atoms with E-state index in [0.29, 0.717) is 34.6 Å². The Morgan fingerprint density at radius 1 is 1.17 bits per heavy atom. The third kappa shape index (κ3) is 3.22. The molecule has 1 heterocycles. The molecule has 120 valence electrons. The summed E-state index contributed by atoms with van der Waals surface area (Å²) in [5, 5.41) is 10.0. The monoisotopic (exact) mass is 337 g/mol. The minimum atomic E-state index is 0.404. The number of ether oxygens (including phenoxy) is 1. The van der Waals surface area contributed by atoms with Crippen molar-refractivity contribution in [2.24, 2.45) is 0 Å². The largest absolute Gasteiger partial charge is 0.439 e. The maximum Gasteiger partial charge on any atom is 0.224 e. The van der Waals surface area contributed by atoms with E-state index in [-0.39, 0.29) is 0 Å². The van der Waals surface area contributed by atoms with Crippen molar-refractivity contribution < 1.29 is 4.74 Å². The fourth-order valence-electron chi connectivity index (χ4n) is 2.50. The molecule has 1 aromatic heterocycles. The van der Waals surface area contributed by atoms with Crippen LogP contribution in [0.4, 0.5) is 5.69 Å². The first-order valence-electron chi connectivity index (χ1n) is 7.45. The van der Waals surface area contributed by atoms with Crippen LogP contribution in [0.1, 0.15) is 16.8 Å². The molecule has 0 atom stereocenters. The number of nitrogen functional groups attached to an aromatic ring is 1. The maximum atomic E-state index is 9.40. The quantitative estimate of drug-likeness (QED) is 0.747. The number of halogens is 1. The van der Waals surface area contributed by atoms with Crippen molar-refractivity contribution in [1.29, 1.82) is 5.26 Å². The first-order chi connectivity index (χ1) is 11.6. The van der Waals surface area contributed by atoms with Crippen molar-refractivity contribution in [3.05, 3.63) is 76.4 Å². The SMILES string of the molecule is Cc1cccc(Oc2c(N)cc(C#N)n2Cc2ccccc2Cl)c1. The molecule has 0 aliphatic rings. The van der Waals surface area contributed by atoms with E-state index >= 15 is 0 Å². The lowest BCUT2D eigenvalue weighted by Crippen LogP contribution is -2.05. The summed E-state index contributed by atoms with van der Waals surface area (Å²) in [6.07, 6.45) is 0. The lowest BCUT2D eigenvalue weighted by Gasteiger charge is -2.13. The molecule has 0 aliphatic carbocycles. The van der Waals surface area contributed by atoms with Crippen LogP contribution in [0.2, 0.25) is 5.02 Å². The fraction of sp³-hybridized carbons (Fsp3) is 0.105. The smallest absolute Gasteiger partial charge is 0.224 e. The zero-order valence-electron chi connectivity index (χ0n) is 13.2. The maximum absolute atomic E-state index is 9.40. The van der Waals surface area contributed by atoms with Crippen molar-refractivity contribution in [3.8, 4) is 17.7 Å². The molecule has 0 unspecified atom stereocenters. The summed E-state index contributed by atoms with van der Waals surface area (Å²) in [5.41, 5.74) is 8.88. The molecule has 0 amide bonds. The molecule has 0 aliphatic heterocycles. The molecular weight excluding hydrogens is 322 g/mol. The van der Waals surface area contributed by atoms with Gasteiger partial charge < -0.3 is 10.5 Å². The van der Waals surface area contributed by atoms with E-state index in [9.17, 15) is 5.26 Å². The molecular formula is C19H16ClN3O. The van der Waals surface area contributed by atoms with Crippen LogP contribution in [-0.2, 0) is 6.54 Å². The zero-order chi connectivity index (χ0) is 17.1. The lowest BCUT2D eigenvalue weighted by atomic mass is 10.2. The Labute approximate surface area is 145 Å². The van der Waals surface area contributed by atoms with Crippen LogP contribution >= 0.6 is 11.6 Å².